The zero-order valence-electron chi connectivity index (χ0n) is 13.2. The second-order valence-corrected chi connectivity index (χ2v) is 8.26. The Labute approximate surface area is 126 Å². The first-order valence-corrected chi connectivity index (χ1v) is 8.66. The van der Waals surface area contributed by atoms with Crippen molar-refractivity contribution >= 4 is 10.0 Å². The number of hydrogen-bond acceptors (Lipinski definition) is 4. The highest BCUT2D eigenvalue weighted by Gasteiger charge is 2.35. The summed E-state index contributed by atoms with van der Waals surface area (Å²) < 4.78 is 34.6. The molecule has 2 heterocycles. The lowest BCUT2D eigenvalue weighted by Crippen LogP contribution is -2.50. The predicted molar refractivity (Wildman–Crippen MR) is 81.5 cm³/mol. The van der Waals surface area contributed by atoms with Crippen LogP contribution in [0.3, 0.4) is 0 Å². The summed E-state index contributed by atoms with van der Waals surface area (Å²) >= 11 is 0. The molecule has 2 rings (SSSR count). The van der Waals surface area contributed by atoms with E-state index in [-0.39, 0.29) is 6.04 Å². The number of hydrogen-bond donors (Lipinski definition) is 1. The minimum Gasteiger partial charge on any atom is -0.373 e. The third-order valence-corrected chi connectivity index (χ3v) is 5.51. The van der Waals surface area contributed by atoms with E-state index in [0.717, 1.165) is 5.69 Å². The summed E-state index contributed by atoms with van der Waals surface area (Å²) in [7, 11) is -3.50. The van der Waals surface area contributed by atoms with Crippen LogP contribution in [-0.4, -0.2) is 42.6 Å². The smallest absolute Gasteiger partial charge is 0.244 e. The Hall–Kier alpha value is -0.890. The van der Waals surface area contributed by atoms with Crippen molar-refractivity contribution in [1.82, 2.24) is 8.87 Å². The zero-order chi connectivity index (χ0) is 15.8. The first-order chi connectivity index (χ1) is 9.67. The van der Waals surface area contributed by atoms with Crippen LogP contribution < -0.4 is 5.73 Å². The monoisotopic (exact) mass is 315 g/mol. The Balaban J connectivity index is 2.35. The molecule has 1 saturated heterocycles. The molecule has 120 valence electrons. The molecule has 0 saturated carbocycles. The lowest BCUT2D eigenvalue weighted by atomic mass is 10.1. The van der Waals surface area contributed by atoms with E-state index in [0.29, 0.717) is 31.1 Å². The van der Waals surface area contributed by atoms with E-state index in [1.807, 2.05) is 32.3 Å². The third-order valence-electron chi connectivity index (χ3n) is 3.70. The molecule has 1 fully saturated rings. The van der Waals surface area contributed by atoms with E-state index in [1.54, 1.807) is 12.3 Å². The molecule has 21 heavy (non-hydrogen) atoms. The molecule has 1 aromatic rings. The number of ether oxygens (including phenoxy) is 1. The van der Waals surface area contributed by atoms with E-state index >= 15 is 0 Å². The SMILES string of the molecule is CC(C)n1cc(S(=O)(=O)N2CCOC(C)(C)C2)cc1CN. The van der Waals surface area contributed by atoms with Crippen LogP contribution in [-0.2, 0) is 21.3 Å². The van der Waals surface area contributed by atoms with Crippen molar-refractivity contribution in [2.75, 3.05) is 19.7 Å². The normalized spacial score (nSPS) is 20.1. The van der Waals surface area contributed by atoms with Crippen LogP contribution in [0, 0.1) is 0 Å². The summed E-state index contributed by atoms with van der Waals surface area (Å²) in [6, 6.07) is 1.85. The van der Waals surface area contributed by atoms with E-state index in [4.69, 9.17) is 10.5 Å². The van der Waals surface area contributed by atoms with Crippen molar-refractivity contribution in [3.63, 3.8) is 0 Å². The maximum atomic E-state index is 12.8. The van der Waals surface area contributed by atoms with Crippen LogP contribution in [0.25, 0.3) is 0 Å². The minimum atomic E-state index is -3.50. The van der Waals surface area contributed by atoms with Gasteiger partial charge in [-0.25, -0.2) is 8.42 Å². The molecule has 0 aliphatic carbocycles. The van der Waals surface area contributed by atoms with E-state index in [2.05, 4.69) is 0 Å². The number of sulfonamides is 1. The summed E-state index contributed by atoms with van der Waals surface area (Å²) in [6.07, 6.45) is 1.69. The zero-order valence-corrected chi connectivity index (χ0v) is 14.0. The molecule has 0 bridgehead atoms. The Kier molecular flexibility index (Phi) is 4.49. The average Bonchev–Trinajstić information content (AvgIpc) is 2.82. The highest BCUT2D eigenvalue weighted by Crippen LogP contribution is 2.26. The first kappa shape index (κ1) is 16.5. The van der Waals surface area contributed by atoms with Crippen LogP contribution in [0.2, 0.25) is 0 Å². The molecule has 0 unspecified atom stereocenters. The van der Waals surface area contributed by atoms with Gasteiger partial charge in [-0.1, -0.05) is 0 Å². The van der Waals surface area contributed by atoms with Crippen LogP contribution in [0.15, 0.2) is 17.2 Å². The summed E-state index contributed by atoms with van der Waals surface area (Å²) in [4.78, 5) is 0.314. The van der Waals surface area contributed by atoms with Gasteiger partial charge < -0.3 is 15.0 Å². The Morgan fingerprint density at radius 1 is 1.43 bits per heavy atom. The molecule has 0 spiro atoms. The highest BCUT2D eigenvalue weighted by molar-refractivity contribution is 7.89. The molecule has 0 atom stereocenters. The molecule has 7 heteroatoms. The van der Waals surface area contributed by atoms with Crippen molar-refractivity contribution in [1.29, 1.82) is 0 Å². The summed E-state index contributed by atoms with van der Waals surface area (Å²) in [5.41, 5.74) is 6.09. The van der Waals surface area contributed by atoms with Gasteiger partial charge in [-0.15, -0.1) is 0 Å². The maximum absolute atomic E-state index is 12.8. The van der Waals surface area contributed by atoms with E-state index in [1.165, 1.54) is 4.31 Å². The molecule has 0 aromatic carbocycles. The fourth-order valence-electron chi connectivity index (χ4n) is 2.61. The summed E-state index contributed by atoms with van der Waals surface area (Å²) in [6.45, 7) is 9.30. The van der Waals surface area contributed by atoms with Gasteiger partial charge in [0, 0.05) is 37.6 Å². The predicted octanol–water partition coefficient (Wildman–Crippen LogP) is 1.33. The van der Waals surface area contributed by atoms with E-state index in [9.17, 15) is 8.42 Å². The fraction of sp³-hybridized carbons (Fsp3) is 0.714. The van der Waals surface area contributed by atoms with Crippen molar-refractivity contribution in [2.24, 2.45) is 5.73 Å². The molecule has 0 amide bonds. The quantitative estimate of drug-likeness (QED) is 0.909. The van der Waals surface area contributed by atoms with Gasteiger partial charge in [-0.05, 0) is 33.8 Å². The van der Waals surface area contributed by atoms with Gasteiger partial charge in [0.1, 0.15) is 4.90 Å². The second kappa shape index (κ2) is 5.72. The van der Waals surface area contributed by atoms with Crippen LogP contribution in [0.1, 0.15) is 39.4 Å². The largest absolute Gasteiger partial charge is 0.373 e. The lowest BCUT2D eigenvalue weighted by molar-refractivity contribution is -0.0640. The molecule has 1 aliphatic heterocycles. The summed E-state index contributed by atoms with van der Waals surface area (Å²) in [5.74, 6) is 0. The van der Waals surface area contributed by atoms with E-state index < -0.39 is 15.6 Å². The highest BCUT2D eigenvalue weighted by atomic mass is 32.2. The number of nitrogens with zero attached hydrogens (tertiary/aromatic N) is 2. The van der Waals surface area contributed by atoms with Gasteiger partial charge in [0.2, 0.25) is 10.0 Å². The van der Waals surface area contributed by atoms with Gasteiger partial charge in [0.05, 0.1) is 12.2 Å². The van der Waals surface area contributed by atoms with Gasteiger partial charge in [-0.2, -0.15) is 4.31 Å². The number of rotatable bonds is 4. The lowest BCUT2D eigenvalue weighted by Gasteiger charge is -2.37. The molecule has 1 aromatic heterocycles. The second-order valence-electron chi connectivity index (χ2n) is 6.32. The Morgan fingerprint density at radius 3 is 2.57 bits per heavy atom. The molecule has 0 radical (unpaired) electrons. The first-order valence-electron chi connectivity index (χ1n) is 7.22. The van der Waals surface area contributed by atoms with Crippen LogP contribution in [0.5, 0.6) is 0 Å². The Morgan fingerprint density at radius 2 is 2.10 bits per heavy atom. The van der Waals surface area contributed by atoms with Gasteiger partial charge in [0.15, 0.2) is 0 Å². The number of nitrogens with two attached hydrogens (primary N) is 1. The molecule has 2 N–H and O–H groups in total. The Bertz CT molecular complexity index is 605. The molecular weight excluding hydrogens is 290 g/mol. The average molecular weight is 315 g/mol. The maximum Gasteiger partial charge on any atom is 0.244 e. The topological polar surface area (TPSA) is 77.6 Å². The standard InChI is InChI=1S/C14H25N3O3S/c1-11(2)17-9-13(7-12(17)8-15)21(18,19)16-5-6-20-14(3,4)10-16/h7,9,11H,5-6,8,10,15H2,1-4H3. The van der Waals surface area contributed by atoms with Crippen molar-refractivity contribution < 1.29 is 13.2 Å². The van der Waals surface area contributed by atoms with Gasteiger partial charge in [-0.3, -0.25) is 0 Å². The van der Waals surface area contributed by atoms with Crippen LogP contribution >= 0.6 is 0 Å². The van der Waals surface area contributed by atoms with Gasteiger partial charge >= 0.3 is 0 Å². The van der Waals surface area contributed by atoms with Crippen molar-refractivity contribution in [3.8, 4) is 0 Å². The van der Waals surface area contributed by atoms with Crippen molar-refractivity contribution in [3.05, 3.63) is 18.0 Å². The molecule has 6 nitrogen and oxygen atoms in total. The van der Waals surface area contributed by atoms with Crippen LogP contribution in [0.4, 0.5) is 0 Å². The number of morpholine rings is 1. The summed E-state index contributed by atoms with van der Waals surface area (Å²) in [5, 5.41) is 0. The minimum absolute atomic E-state index is 0.175. The van der Waals surface area contributed by atoms with Gasteiger partial charge in [0.25, 0.3) is 0 Å². The third kappa shape index (κ3) is 3.31. The number of aromatic nitrogens is 1. The van der Waals surface area contributed by atoms with Crippen molar-refractivity contribution in [2.45, 2.75) is 50.8 Å². The fourth-order valence-corrected chi connectivity index (χ4v) is 4.24. The molecule has 1 aliphatic rings. The molecular formula is C14H25N3O3S.